The molecule has 1 rings (SSSR count). The van der Waals surface area contributed by atoms with Crippen LogP contribution in [0.5, 0.6) is 11.5 Å². The lowest BCUT2D eigenvalue weighted by Crippen LogP contribution is -2.23. The van der Waals surface area contributed by atoms with E-state index in [4.69, 9.17) is 14.2 Å². The van der Waals surface area contributed by atoms with Crippen LogP contribution < -0.4 is 14.8 Å². The molecule has 0 aliphatic carbocycles. The Bertz CT molecular complexity index is 341. The topological polar surface area (TPSA) is 39.7 Å². The molecule has 0 aliphatic rings. The van der Waals surface area contributed by atoms with Gasteiger partial charge in [-0.15, -0.1) is 0 Å². The van der Waals surface area contributed by atoms with Crippen LogP contribution in [0, 0.1) is 0 Å². The van der Waals surface area contributed by atoms with Crippen molar-refractivity contribution in [2.45, 2.75) is 13.0 Å². The third-order valence-corrected chi connectivity index (χ3v) is 2.66. The van der Waals surface area contributed by atoms with Crippen LogP contribution in [-0.2, 0) is 4.74 Å². The molecule has 0 spiro atoms. The molecule has 1 N–H and O–H groups in total. The van der Waals surface area contributed by atoms with Crippen LogP contribution >= 0.6 is 0 Å². The summed E-state index contributed by atoms with van der Waals surface area (Å²) in [6.07, 6.45) is 0. The SMILES string of the molecule is COCCNC(C)c1cc(OC)ccc1OC. The van der Waals surface area contributed by atoms with E-state index in [9.17, 15) is 0 Å². The van der Waals surface area contributed by atoms with Crippen molar-refractivity contribution in [1.82, 2.24) is 5.32 Å². The lowest BCUT2D eigenvalue weighted by molar-refractivity contribution is 0.196. The molecule has 0 aromatic heterocycles. The van der Waals surface area contributed by atoms with Crippen molar-refractivity contribution in [2.75, 3.05) is 34.5 Å². The van der Waals surface area contributed by atoms with Gasteiger partial charge in [-0.1, -0.05) is 0 Å². The second kappa shape index (κ2) is 7.14. The Balaban J connectivity index is 2.78. The molecule has 0 bridgehead atoms. The van der Waals surface area contributed by atoms with E-state index < -0.39 is 0 Å². The Labute approximate surface area is 103 Å². The average Bonchev–Trinajstić information content (AvgIpc) is 2.38. The van der Waals surface area contributed by atoms with Gasteiger partial charge in [0.15, 0.2) is 0 Å². The molecule has 0 saturated carbocycles. The molecule has 0 heterocycles. The number of methoxy groups -OCH3 is 3. The van der Waals surface area contributed by atoms with Crippen molar-refractivity contribution >= 4 is 0 Å². The third kappa shape index (κ3) is 3.91. The average molecular weight is 239 g/mol. The highest BCUT2D eigenvalue weighted by Gasteiger charge is 2.11. The van der Waals surface area contributed by atoms with E-state index in [1.54, 1.807) is 21.3 Å². The summed E-state index contributed by atoms with van der Waals surface area (Å²) in [5, 5.41) is 3.37. The van der Waals surface area contributed by atoms with E-state index in [-0.39, 0.29) is 6.04 Å². The van der Waals surface area contributed by atoms with Gasteiger partial charge in [0.1, 0.15) is 11.5 Å². The second-order valence-electron chi connectivity index (χ2n) is 3.78. The predicted octanol–water partition coefficient (Wildman–Crippen LogP) is 2.00. The third-order valence-electron chi connectivity index (χ3n) is 2.66. The van der Waals surface area contributed by atoms with E-state index in [0.717, 1.165) is 23.6 Å². The zero-order valence-electron chi connectivity index (χ0n) is 10.9. The predicted molar refractivity (Wildman–Crippen MR) is 67.8 cm³/mol. The van der Waals surface area contributed by atoms with Crippen molar-refractivity contribution in [1.29, 1.82) is 0 Å². The van der Waals surface area contributed by atoms with Gasteiger partial charge < -0.3 is 19.5 Å². The van der Waals surface area contributed by atoms with Crippen LogP contribution in [0.4, 0.5) is 0 Å². The van der Waals surface area contributed by atoms with Crippen LogP contribution in [-0.4, -0.2) is 34.5 Å². The largest absolute Gasteiger partial charge is 0.497 e. The Morgan fingerprint density at radius 2 is 1.94 bits per heavy atom. The molecular formula is C13H21NO3. The number of nitrogens with one attached hydrogen (secondary N) is 1. The molecule has 1 atom stereocenters. The van der Waals surface area contributed by atoms with Gasteiger partial charge in [0.2, 0.25) is 0 Å². The highest BCUT2D eigenvalue weighted by Crippen LogP contribution is 2.28. The van der Waals surface area contributed by atoms with Crippen LogP contribution in [0.25, 0.3) is 0 Å². The molecule has 4 nitrogen and oxygen atoms in total. The molecule has 0 aliphatic heterocycles. The number of benzene rings is 1. The highest BCUT2D eigenvalue weighted by atomic mass is 16.5. The minimum absolute atomic E-state index is 0.190. The van der Waals surface area contributed by atoms with Gasteiger partial charge in [-0.3, -0.25) is 0 Å². The Hall–Kier alpha value is -1.26. The molecule has 17 heavy (non-hydrogen) atoms. The quantitative estimate of drug-likeness (QED) is 0.739. The van der Waals surface area contributed by atoms with Gasteiger partial charge in [-0.25, -0.2) is 0 Å². The fourth-order valence-corrected chi connectivity index (χ4v) is 1.67. The maximum Gasteiger partial charge on any atom is 0.123 e. The van der Waals surface area contributed by atoms with Crippen LogP contribution in [0.2, 0.25) is 0 Å². The lowest BCUT2D eigenvalue weighted by atomic mass is 10.1. The first kappa shape index (κ1) is 13.8. The number of hydrogen-bond donors (Lipinski definition) is 1. The van der Waals surface area contributed by atoms with Crippen LogP contribution in [0.15, 0.2) is 18.2 Å². The van der Waals surface area contributed by atoms with E-state index >= 15 is 0 Å². The molecule has 1 aromatic rings. The van der Waals surface area contributed by atoms with E-state index in [1.807, 2.05) is 18.2 Å². The second-order valence-corrected chi connectivity index (χ2v) is 3.78. The Kier molecular flexibility index (Phi) is 5.80. The van der Waals surface area contributed by atoms with Crippen LogP contribution in [0.1, 0.15) is 18.5 Å². The summed E-state index contributed by atoms with van der Waals surface area (Å²) >= 11 is 0. The molecule has 0 saturated heterocycles. The van der Waals surface area contributed by atoms with Crippen molar-refractivity contribution in [3.05, 3.63) is 23.8 Å². The van der Waals surface area contributed by atoms with E-state index in [2.05, 4.69) is 12.2 Å². The van der Waals surface area contributed by atoms with Crippen molar-refractivity contribution in [2.24, 2.45) is 0 Å². The summed E-state index contributed by atoms with van der Waals surface area (Å²) in [5.74, 6) is 1.70. The first-order valence-electron chi connectivity index (χ1n) is 5.67. The summed E-state index contributed by atoms with van der Waals surface area (Å²) in [6.45, 7) is 3.58. The fraction of sp³-hybridized carbons (Fsp3) is 0.538. The minimum atomic E-state index is 0.190. The van der Waals surface area contributed by atoms with Gasteiger partial charge in [0.05, 0.1) is 20.8 Å². The number of hydrogen-bond acceptors (Lipinski definition) is 4. The highest BCUT2D eigenvalue weighted by molar-refractivity contribution is 5.42. The lowest BCUT2D eigenvalue weighted by Gasteiger charge is -2.18. The maximum atomic E-state index is 5.35. The number of rotatable bonds is 7. The van der Waals surface area contributed by atoms with Gasteiger partial charge in [-0.05, 0) is 25.1 Å². The monoisotopic (exact) mass is 239 g/mol. The van der Waals surface area contributed by atoms with Crippen molar-refractivity contribution < 1.29 is 14.2 Å². The van der Waals surface area contributed by atoms with E-state index in [0.29, 0.717) is 6.61 Å². The number of ether oxygens (including phenoxy) is 3. The zero-order chi connectivity index (χ0) is 12.7. The summed E-state index contributed by atoms with van der Waals surface area (Å²) in [4.78, 5) is 0. The van der Waals surface area contributed by atoms with Gasteiger partial charge in [-0.2, -0.15) is 0 Å². The molecule has 1 unspecified atom stereocenters. The zero-order valence-corrected chi connectivity index (χ0v) is 10.9. The molecular weight excluding hydrogens is 218 g/mol. The van der Waals surface area contributed by atoms with E-state index in [1.165, 1.54) is 0 Å². The molecule has 0 radical (unpaired) electrons. The normalized spacial score (nSPS) is 12.2. The van der Waals surface area contributed by atoms with Gasteiger partial charge in [0, 0.05) is 25.3 Å². The first-order chi connectivity index (χ1) is 8.22. The summed E-state index contributed by atoms with van der Waals surface area (Å²) in [6, 6.07) is 5.99. The maximum absolute atomic E-state index is 5.35. The smallest absolute Gasteiger partial charge is 0.123 e. The van der Waals surface area contributed by atoms with Crippen molar-refractivity contribution in [3.8, 4) is 11.5 Å². The molecule has 0 amide bonds. The first-order valence-corrected chi connectivity index (χ1v) is 5.67. The van der Waals surface area contributed by atoms with Crippen LogP contribution in [0.3, 0.4) is 0 Å². The summed E-state index contributed by atoms with van der Waals surface area (Å²) in [7, 11) is 5.03. The fourth-order valence-electron chi connectivity index (χ4n) is 1.67. The molecule has 0 fully saturated rings. The Morgan fingerprint density at radius 1 is 1.18 bits per heavy atom. The van der Waals surface area contributed by atoms with Crippen molar-refractivity contribution in [3.63, 3.8) is 0 Å². The standard InChI is InChI=1S/C13H21NO3/c1-10(14-7-8-15-2)12-9-11(16-3)5-6-13(12)17-4/h5-6,9-10,14H,7-8H2,1-4H3. The summed E-state index contributed by atoms with van der Waals surface area (Å²) < 4.78 is 15.6. The van der Waals surface area contributed by atoms with Gasteiger partial charge >= 0.3 is 0 Å². The Morgan fingerprint density at radius 3 is 2.53 bits per heavy atom. The molecule has 96 valence electrons. The minimum Gasteiger partial charge on any atom is -0.497 e. The molecule has 1 aromatic carbocycles. The summed E-state index contributed by atoms with van der Waals surface area (Å²) in [5.41, 5.74) is 1.09. The molecule has 4 heteroatoms. The van der Waals surface area contributed by atoms with Gasteiger partial charge in [0.25, 0.3) is 0 Å².